The van der Waals surface area contributed by atoms with Crippen molar-refractivity contribution in [2.75, 3.05) is 5.73 Å². The van der Waals surface area contributed by atoms with Gasteiger partial charge in [-0.25, -0.2) is 8.78 Å². The van der Waals surface area contributed by atoms with Crippen LogP contribution in [0.1, 0.15) is 31.7 Å². The number of carboxylic acid groups (broad SMARTS) is 1. The van der Waals surface area contributed by atoms with Gasteiger partial charge in [-0.05, 0) is 24.1 Å². The van der Waals surface area contributed by atoms with E-state index in [1.54, 1.807) is 13.0 Å². The average molecular weight is 304 g/mol. The normalized spacial score (nSPS) is 21.0. The van der Waals surface area contributed by atoms with Crippen LogP contribution in [0.4, 0.5) is 14.5 Å². The number of alkyl halides is 2. The van der Waals surface area contributed by atoms with Gasteiger partial charge in [-0.15, -0.1) is 0 Å². The van der Waals surface area contributed by atoms with Crippen molar-refractivity contribution in [1.82, 2.24) is 0 Å². The van der Waals surface area contributed by atoms with Gasteiger partial charge in [-0.1, -0.05) is 24.6 Å². The molecule has 6 heteroatoms. The summed E-state index contributed by atoms with van der Waals surface area (Å²) in [6.07, 6.45) is -0.647. The number of anilines is 1. The molecule has 1 aliphatic carbocycles. The van der Waals surface area contributed by atoms with Crippen LogP contribution in [0.3, 0.4) is 0 Å². The van der Waals surface area contributed by atoms with E-state index in [1.165, 1.54) is 12.1 Å². The van der Waals surface area contributed by atoms with Gasteiger partial charge in [0.05, 0.1) is 16.6 Å². The number of carbonyl (C=O) groups is 1. The molecule has 1 aromatic carbocycles. The van der Waals surface area contributed by atoms with Crippen LogP contribution in [0.15, 0.2) is 18.2 Å². The molecule has 0 aromatic heterocycles. The summed E-state index contributed by atoms with van der Waals surface area (Å²) >= 11 is 5.83. The van der Waals surface area contributed by atoms with E-state index in [2.05, 4.69) is 0 Å². The highest BCUT2D eigenvalue weighted by Crippen LogP contribution is 2.58. The van der Waals surface area contributed by atoms with Gasteiger partial charge in [0.25, 0.3) is 0 Å². The first-order valence-corrected chi connectivity index (χ1v) is 6.76. The molecule has 1 fully saturated rings. The van der Waals surface area contributed by atoms with Crippen molar-refractivity contribution < 1.29 is 18.7 Å². The highest BCUT2D eigenvalue weighted by atomic mass is 35.5. The fourth-order valence-corrected chi connectivity index (χ4v) is 3.30. The lowest BCUT2D eigenvalue weighted by Gasteiger charge is -2.51. The second kappa shape index (κ2) is 4.88. The quantitative estimate of drug-likeness (QED) is 0.834. The van der Waals surface area contributed by atoms with Gasteiger partial charge in [0.15, 0.2) is 0 Å². The third-order valence-electron chi connectivity index (χ3n) is 4.09. The summed E-state index contributed by atoms with van der Waals surface area (Å²) < 4.78 is 26.8. The summed E-state index contributed by atoms with van der Waals surface area (Å²) in [5.41, 5.74) is 5.45. The van der Waals surface area contributed by atoms with Crippen molar-refractivity contribution in [3.63, 3.8) is 0 Å². The van der Waals surface area contributed by atoms with E-state index in [1.807, 2.05) is 0 Å². The molecule has 0 aliphatic heterocycles. The standard InChI is InChI=1S/C14H16ClF2NO2/c1-2-9(12(19)20)13(6-14(16,17)7-13)8-3-4-10(15)11(18)5-8/h3-5,9H,2,6-7,18H2,1H3,(H,19,20). The summed E-state index contributed by atoms with van der Waals surface area (Å²) in [7, 11) is 0. The number of carboxylic acids is 1. The second-order valence-corrected chi connectivity index (χ2v) is 5.81. The van der Waals surface area contributed by atoms with E-state index in [4.69, 9.17) is 17.3 Å². The summed E-state index contributed by atoms with van der Waals surface area (Å²) in [5, 5.41) is 9.66. The number of benzene rings is 1. The number of hydrogen-bond acceptors (Lipinski definition) is 2. The molecule has 0 radical (unpaired) electrons. The predicted octanol–water partition coefficient (Wildman–Crippen LogP) is 3.70. The molecule has 1 saturated carbocycles. The van der Waals surface area contributed by atoms with Crippen molar-refractivity contribution in [3.8, 4) is 0 Å². The summed E-state index contributed by atoms with van der Waals surface area (Å²) in [4.78, 5) is 11.4. The van der Waals surface area contributed by atoms with Crippen molar-refractivity contribution in [3.05, 3.63) is 28.8 Å². The van der Waals surface area contributed by atoms with E-state index >= 15 is 0 Å². The summed E-state index contributed by atoms with van der Waals surface area (Å²) in [5.74, 6) is -4.74. The molecule has 1 unspecified atom stereocenters. The lowest BCUT2D eigenvalue weighted by atomic mass is 9.55. The maximum atomic E-state index is 13.4. The minimum absolute atomic E-state index is 0.277. The van der Waals surface area contributed by atoms with E-state index < -0.39 is 36.1 Å². The van der Waals surface area contributed by atoms with Gasteiger partial charge in [0.1, 0.15) is 0 Å². The van der Waals surface area contributed by atoms with Gasteiger partial charge in [0, 0.05) is 18.3 Å². The Bertz CT molecular complexity index is 540. The minimum Gasteiger partial charge on any atom is -0.481 e. The van der Waals surface area contributed by atoms with Crippen molar-refractivity contribution in [1.29, 1.82) is 0 Å². The zero-order chi connectivity index (χ0) is 15.1. The number of aliphatic carboxylic acids is 1. The topological polar surface area (TPSA) is 63.3 Å². The first-order valence-electron chi connectivity index (χ1n) is 6.38. The molecule has 110 valence electrons. The lowest BCUT2D eigenvalue weighted by molar-refractivity contribution is -0.168. The maximum absolute atomic E-state index is 13.4. The summed E-state index contributed by atoms with van der Waals surface area (Å²) in [6, 6.07) is 4.64. The molecule has 0 heterocycles. The van der Waals surface area contributed by atoms with E-state index in [0.29, 0.717) is 10.6 Å². The smallest absolute Gasteiger partial charge is 0.307 e. The first kappa shape index (κ1) is 15.0. The fraction of sp³-hybridized carbons (Fsp3) is 0.500. The predicted molar refractivity (Wildman–Crippen MR) is 73.1 cm³/mol. The lowest BCUT2D eigenvalue weighted by Crippen LogP contribution is -2.55. The Hall–Kier alpha value is -1.36. The number of rotatable bonds is 4. The van der Waals surface area contributed by atoms with E-state index in [9.17, 15) is 18.7 Å². The SMILES string of the molecule is CCC(C(=O)O)C1(c2ccc(Cl)c(N)c2)CC(F)(F)C1. The minimum atomic E-state index is -2.82. The molecule has 1 aliphatic rings. The zero-order valence-electron chi connectivity index (χ0n) is 11.0. The highest BCUT2D eigenvalue weighted by Gasteiger charge is 2.62. The second-order valence-electron chi connectivity index (χ2n) is 5.40. The van der Waals surface area contributed by atoms with Crippen LogP contribution in [0.5, 0.6) is 0 Å². The Morgan fingerprint density at radius 2 is 2.10 bits per heavy atom. The fourth-order valence-electron chi connectivity index (χ4n) is 3.18. The van der Waals surface area contributed by atoms with Crippen LogP contribution in [0, 0.1) is 5.92 Å². The number of nitrogens with two attached hydrogens (primary N) is 1. The Kier molecular flexibility index (Phi) is 3.67. The van der Waals surface area contributed by atoms with Gasteiger partial charge in [-0.2, -0.15) is 0 Å². The Labute approximate surface area is 120 Å². The molecular formula is C14H16ClF2NO2. The molecule has 2 rings (SSSR count). The maximum Gasteiger partial charge on any atom is 0.307 e. The third kappa shape index (κ3) is 2.35. The van der Waals surface area contributed by atoms with Crippen LogP contribution in [0.2, 0.25) is 5.02 Å². The molecule has 3 nitrogen and oxygen atoms in total. The van der Waals surface area contributed by atoms with Crippen molar-refractivity contribution in [2.24, 2.45) is 5.92 Å². The number of halogens is 3. The monoisotopic (exact) mass is 303 g/mol. The van der Waals surface area contributed by atoms with Gasteiger partial charge in [-0.3, -0.25) is 4.79 Å². The Morgan fingerprint density at radius 3 is 2.50 bits per heavy atom. The van der Waals surface area contributed by atoms with Crippen LogP contribution in [-0.2, 0) is 10.2 Å². The number of hydrogen-bond donors (Lipinski definition) is 2. The largest absolute Gasteiger partial charge is 0.481 e. The molecule has 20 heavy (non-hydrogen) atoms. The molecular weight excluding hydrogens is 288 g/mol. The molecule has 1 aromatic rings. The molecule has 0 spiro atoms. The van der Waals surface area contributed by atoms with Gasteiger partial charge >= 0.3 is 5.97 Å². The molecule has 0 saturated heterocycles. The van der Waals surface area contributed by atoms with Crippen molar-refractivity contribution >= 4 is 23.3 Å². The van der Waals surface area contributed by atoms with Crippen LogP contribution < -0.4 is 5.73 Å². The third-order valence-corrected chi connectivity index (χ3v) is 4.44. The van der Waals surface area contributed by atoms with Gasteiger partial charge < -0.3 is 10.8 Å². The zero-order valence-corrected chi connectivity index (χ0v) is 11.8. The molecule has 1 atom stereocenters. The Morgan fingerprint density at radius 1 is 1.50 bits per heavy atom. The van der Waals surface area contributed by atoms with Crippen molar-refractivity contribution in [2.45, 2.75) is 37.5 Å². The van der Waals surface area contributed by atoms with E-state index in [0.717, 1.165) is 0 Å². The average Bonchev–Trinajstić information content (AvgIpc) is 2.30. The number of nitrogen functional groups attached to an aromatic ring is 1. The summed E-state index contributed by atoms with van der Waals surface area (Å²) in [6.45, 7) is 1.69. The van der Waals surface area contributed by atoms with Crippen LogP contribution in [-0.4, -0.2) is 17.0 Å². The van der Waals surface area contributed by atoms with Gasteiger partial charge in [0.2, 0.25) is 5.92 Å². The van der Waals surface area contributed by atoms with Crippen LogP contribution in [0.25, 0.3) is 0 Å². The first-order chi connectivity index (χ1) is 9.22. The van der Waals surface area contributed by atoms with E-state index in [-0.39, 0.29) is 12.1 Å². The molecule has 0 amide bonds. The molecule has 3 N–H and O–H groups in total. The van der Waals surface area contributed by atoms with Crippen LogP contribution >= 0.6 is 11.6 Å². The molecule has 0 bridgehead atoms. The highest BCUT2D eigenvalue weighted by molar-refractivity contribution is 6.33. The Balaban J connectivity index is 2.48.